The zero-order valence-electron chi connectivity index (χ0n) is 13.8. The molecule has 0 aromatic carbocycles. The van der Waals surface area contributed by atoms with Crippen LogP contribution in [0.2, 0.25) is 0 Å². The summed E-state index contributed by atoms with van der Waals surface area (Å²) in [6.45, 7) is 10.4. The van der Waals surface area contributed by atoms with Gasteiger partial charge in [-0.1, -0.05) is 20.8 Å². The molecule has 0 bridgehead atoms. The molecule has 0 saturated heterocycles. The number of aryl methyl sites for hydroxylation is 1. The van der Waals surface area contributed by atoms with Crippen LogP contribution in [0, 0.1) is 24.7 Å². The van der Waals surface area contributed by atoms with Gasteiger partial charge < -0.3 is 5.32 Å². The summed E-state index contributed by atoms with van der Waals surface area (Å²) in [5.74, 6) is 2.46. The molecule has 3 atom stereocenters. The zero-order valence-corrected chi connectivity index (χ0v) is 13.8. The Hall–Kier alpha value is -0.830. The maximum Gasteiger partial charge on any atom is 0.0540 e. The highest BCUT2D eigenvalue weighted by Gasteiger charge is 2.32. The fourth-order valence-corrected chi connectivity index (χ4v) is 3.93. The summed E-state index contributed by atoms with van der Waals surface area (Å²) in [5, 5.41) is 8.25. The fraction of sp³-hybridized carbons (Fsp3) is 0.824. The van der Waals surface area contributed by atoms with Crippen molar-refractivity contribution in [1.29, 1.82) is 0 Å². The lowest BCUT2D eigenvalue weighted by Gasteiger charge is -2.37. The smallest absolute Gasteiger partial charge is 0.0540 e. The van der Waals surface area contributed by atoms with Gasteiger partial charge in [0.25, 0.3) is 0 Å². The Balaban J connectivity index is 2.20. The van der Waals surface area contributed by atoms with Crippen molar-refractivity contribution in [3.05, 3.63) is 17.5 Å². The van der Waals surface area contributed by atoms with Crippen LogP contribution in [0.25, 0.3) is 0 Å². The zero-order chi connectivity index (χ0) is 14.7. The molecular weight excluding hydrogens is 246 g/mol. The van der Waals surface area contributed by atoms with E-state index in [2.05, 4.69) is 44.3 Å². The van der Waals surface area contributed by atoms with Crippen molar-refractivity contribution in [2.24, 2.45) is 24.8 Å². The van der Waals surface area contributed by atoms with E-state index in [-0.39, 0.29) is 0 Å². The van der Waals surface area contributed by atoms with Crippen molar-refractivity contribution in [3.8, 4) is 0 Å². The SMILES string of the molecule is CCCNC(c1cnn(C)c1C)C1CC(C)CC(C)C1. The van der Waals surface area contributed by atoms with Crippen LogP contribution in [0.4, 0.5) is 0 Å². The molecule has 114 valence electrons. The molecule has 3 heteroatoms. The van der Waals surface area contributed by atoms with Gasteiger partial charge in [-0.15, -0.1) is 0 Å². The van der Waals surface area contributed by atoms with Crippen LogP contribution in [-0.2, 0) is 7.05 Å². The van der Waals surface area contributed by atoms with Gasteiger partial charge in [0.05, 0.1) is 6.20 Å². The molecule has 20 heavy (non-hydrogen) atoms. The minimum Gasteiger partial charge on any atom is -0.310 e. The molecule has 0 aliphatic heterocycles. The second kappa shape index (κ2) is 6.75. The molecule has 1 fully saturated rings. The van der Waals surface area contributed by atoms with Gasteiger partial charge in [0, 0.05) is 24.3 Å². The van der Waals surface area contributed by atoms with Gasteiger partial charge >= 0.3 is 0 Å². The summed E-state index contributed by atoms with van der Waals surface area (Å²) < 4.78 is 2.01. The topological polar surface area (TPSA) is 29.9 Å². The van der Waals surface area contributed by atoms with Gasteiger partial charge in [-0.2, -0.15) is 5.10 Å². The molecule has 0 radical (unpaired) electrons. The van der Waals surface area contributed by atoms with E-state index in [1.807, 2.05) is 11.7 Å². The predicted molar refractivity (Wildman–Crippen MR) is 84.6 cm³/mol. The summed E-state index contributed by atoms with van der Waals surface area (Å²) in [6, 6.07) is 0.480. The van der Waals surface area contributed by atoms with Gasteiger partial charge in [-0.3, -0.25) is 4.68 Å². The predicted octanol–water partition coefficient (Wildman–Crippen LogP) is 3.84. The van der Waals surface area contributed by atoms with Crippen molar-refractivity contribution in [3.63, 3.8) is 0 Å². The summed E-state index contributed by atoms with van der Waals surface area (Å²) in [5.41, 5.74) is 2.72. The summed E-state index contributed by atoms with van der Waals surface area (Å²) in [4.78, 5) is 0. The van der Waals surface area contributed by atoms with E-state index >= 15 is 0 Å². The molecule has 1 aromatic rings. The normalized spacial score (nSPS) is 28.6. The van der Waals surface area contributed by atoms with E-state index < -0.39 is 0 Å². The lowest BCUT2D eigenvalue weighted by molar-refractivity contribution is 0.176. The van der Waals surface area contributed by atoms with Gasteiger partial charge in [-0.25, -0.2) is 0 Å². The molecule has 1 aromatic heterocycles. The monoisotopic (exact) mass is 277 g/mol. The van der Waals surface area contributed by atoms with E-state index in [0.717, 1.165) is 24.3 Å². The third-order valence-corrected chi connectivity index (χ3v) is 4.91. The molecule has 1 aliphatic carbocycles. The van der Waals surface area contributed by atoms with E-state index in [0.29, 0.717) is 6.04 Å². The van der Waals surface area contributed by atoms with Crippen molar-refractivity contribution >= 4 is 0 Å². The highest BCUT2D eigenvalue weighted by atomic mass is 15.3. The summed E-state index contributed by atoms with van der Waals surface area (Å²) in [7, 11) is 2.04. The molecule has 1 saturated carbocycles. The Bertz CT molecular complexity index is 414. The quantitative estimate of drug-likeness (QED) is 0.886. The fourth-order valence-electron chi connectivity index (χ4n) is 3.93. The van der Waals surface area contributed by atoms with Crippen LogP contribution in [0.15, 0.2) is 6.20 Å². The number of nitrogens with zero attached hydrogens (tertiary/aromatic N) is 2. The van der Waals surface area contributed by atoms with E-state index in [1.165, 1.54) is 36.9 Å². The van der Waals surface area contributed by atoms with Crippen LogP contribution < -0.4 is 5.32 Å². The van der Waals surface area contributed by atoms with Crippen LogP contribution in [0.5, 0.6) is 0 Å². The Morgan fingerprint density at radius 2 is 1.95 bits per heavy atom. The maximum atomic E-state index is 4.45. The van der Waals surface area contributed by atoms with Gasteiger partial charge in [0.2, 0.25) is 0 Å². The number of hydrogen-bond donors (Lipinski definition) is 1. The van der Waals surface area contributed by atoms with Crippen LogP contribution in [0.3, 0.4) is 0 Å². The Labute approximate surface area is 124 Å². The first-order chi connectivity index (χ1) is 9.52. The first-order valence-electron chi connectivity index (χ1n) is 8.24. The molecule has 0 spiro atoms. The van der Waals surface area contributed by atoms with Crippen molar-refractivity contribution < 1.29 is 0 Å². The number of aromatic nitrogens is 2. The molecule has 1 aliphatic rings. The molecular formula is C17H31N3. The van der Waals surface area contributed by atoms with Gasteiger partial charge in [0.15, 0.2) is 0 Å². The second-order valence-electron chi connectivity index (χ2n) is 6.92. The van der Waals surface area contributed by atoms with Gasteiger partial charge in [-0.05, 0) is 56.9 Å². The molecule has 3 unspecified atom stereocenters. The van der Waals surface area contributed by atoms with E-state index in [4.69, 9.17) is 0 Å². The Morgan fingerprint density at radius 1 is 1.30 bits per heavy atom. The molecule has 1 N–H and O–H groups in total. The second-order valence-corrected chi connectivity index (χ2v) is 6.92. The molecule has 3 nitrogen and oxygen atoms in total. The minimum atomic E-state index is 0.480. The number of rotatable bonds is 5. The molecule has 1 heterocycles. The first-order valence-corrected chi connectivity index (χ1v) is 8.24. The Morgan fingerprint density at radius 3 is 2.45 bits per heavy atom. The third-order valence-electron chi connectivity index (χ3n) is 4.91. The summed E-state index contributed by atoms with van der Waals surface area (Å²) >= 11 is 0. The van der Waals surface area contributed by atoms with Crippen molar-refractivity contribution in [1.82, 2.24) is 15.1 Å². The highest BCUT2D eigenvalue weighted by molar-refractivity contribution is 5.21. The lowest BCUT2D eigenvalue weighted by Crippen LogP contribution is -2.34. The van der Waals surface area contributed by atoms with Crippen molar-refractivity contribution in [2.45, 2.75) is 59.4 Å². The summed E-state index contributed by atoms with van der Waals surface area (Å²) in [6.07, 6.45) is 7.35. The lowest BCUT2D eigenvalue weighted by atomic mass is 9.72. The molecule has 2 rings (SSSR count). The Kier molecular flexibility index (Phi) is 5.25. The van der Waals surface area contributed by atoms with Crippen LogP contribution in [0.1, 0.15) is 63.8 Å². The average molecular weight is 277 g/mol. The van der Waals surface area contributed by atoms with Crippen molar-refractivity contribution in [2.75, 3.05) is 6.54 Å². The number of hydrogen-bond acceptors (Lipinski definition) is 2. The average Bonchev–Trinajstić information content (AvgIpc) is 2.70. The van der Waals surface area contributed by atoms with E-state index in [9.17, 15) is 0 Å². The third kappa shape index (κ3) is 3.43. The van der Waals surface area contributed by atoms with Crippen LogP contribution >= 0.6 is 0 Å². The van der Waals surface area contributed by atoms with E-state index in [1.54, 1.807) is 0 Å². The minimum absolute atomic E-state index is 0.480. The first kappa shape index (κ1) is 15.6. The maximum absolute atomic E-state index is 4.45. The van der Waals surface area contributed by atoms with Crippen LogP contribution in [-0.4, -0.2) is 16.3 Å². The van der Waals surface area contributed by atoms with Gasteiger partial charge in [0.1, 0.15) is 0 Å². The molecule has 0 amide bonds. The number of nitrogens with one attached hydrogen (secondary N) is 1. The largest absolute Gasteiger partial charge is 0.310 e. The highest BCUT2D eigenvalue weighted by Crippen LogP contribution is 2.40. The standard InChI is InChI=1S/C17H31N3/c1-6-7-18-17(16-11-19-20(5)14(16)4)15-9-12(2)8-13(3)10-15/h11-13,15,17-18H,6-10H2,1-5H3.